The van der Waals surface area contributed by atoms with Crippen LogP contribution in [-0.2, 0) is 9.59 Å². The highest BCUT2D eigenvalue weighted by atomic mass is 32.1. The fourth-order valence-electron chi connectivity index (χ4n) is 3.86. The number of aromatic nitrogens is 3. The van der Waals surface area contributed by atoms with Crippen LogP contribution in [0, 0.1) is 12.7 Å². The van der Waals surface area contributed by atoms with Gasteiger partial charge in [0.1, 0.15) is 5.82 Å². The monoisotopic (exact) mass is 524 g/mol. The number of rotatable bonds is 8. The molecular weight excluding hydrogens is 503 g/mol. The van der Waals surface area contributed by atoms with Crippen molar-refractivity contribution < 1.29 is 18.8 Å². The highest BCUT2D eigenvalue weighted by Gasteiger charge is 2.24. The molecule has 38 heavy (non-hydrogen) atoms. The normalized spacial score (nSPS) is 10.8. The van der Waals surface area contributed by atoms with Crippen LogP contribution >= 0.6 is 11.3 Å². The van der Waals surface area contributed by atoms with Gasteiger partial charge >= 0.3 is 0 Å². The van der Waals surface area contributed by atoms with Crippen LogP contribution in [-0.4, -0.2) is 32.2 Å². The fourth-order valence-corrected chi connectivity index (χ4v) is 4.83. The third-order valence-corrected chi connectivity index (χ3v) is 6.92. The Morgan fingerprint density at radius 2 is 1.53 bits per heavy atom. The van der Waals surface area contributed by atoms with Crippen LogP contribution in [0.4, 0.5) is 10.1 Å². The van der Waals surface area contributed by atoms with Crippen LogP contribution in [0.3, 0.4) is 0 Å². The molecular formula is C29H21FN4O3S. The van der Waals surface area contributed by atoms with E-state index in [-0.39, 0.29) is 10.6 Å². The predicted molar refractivity (Wildman–Crippen MR) is 144 cm³/mol. The molecule has 0 spiro atoms. The van der Waals surface area contributed by atoms with Gasteiger partial charge in [-0.1, -0.05) is 72.0 Å². The standard InChI is InChI=1S/C29H21FN4O3S/c1-18-27(25(35)17-26(36)28(37)32-22-14-12-21(30)13-15-22)38-29(31-18)34-24(20-10-6-3-7-11-20)16-23(33-34)19-8-4-2-5-9-19/h2-16H,17H2,1H3,(H,32,37). The van der Waals surface area contributed by atoms with Crippen LogP contribution in [0.1, 0.15) is 21.8 Å². The summed E-state index contributed by atoms with van der Waals surface area (Å²) in [7, 11) is 0. The van der Waals surface area contributed by atoms with Gasteiger partial charge in [-0.3, -0.25) is 14.4 Å². The Kier molecular flexibility index (Phi) is 7.01. The maximum absolute atomic E-state index is 13.1. The van der Waals surface area contributed by atoms with Gasteiger partial charge in [0.15, 0.2) is 5.78 Å². The summed E-state index contributed by atoms with van der Waals surface area (Å²) in [4.78, 5) is 42.6. The van der Waals surface area contributed by atoms with Crippen molar-refractivity contribution in [2.24, 2.45) is 0 Å². The molecule has 1 amide bonds. The molecule has 0 bridgehead atoms. The number of benzene rings is 3. The Hall–Kier alpha value is -4.76. The molecule has 188 valence electrons. The third-order valence-electron chi connectivity index (χ3n) is 5.74. The molecule has 7 nitrogen and oxygen atoms in total. The van der Waals surface area contributed by atoms with E-state index in [1.807, 2.05) is 66.7 Å². The van der Waals surface area contributed by atoms with Gasteiger partial charge in [0.2, 0.25) is 10.9 Å². The van der Waals surface area contributed by atoms with Crippen molar-refractivity contribution in [1.82, 2.24) is 14.8 Å². The summed E-state index contributed by atoms with van der Waals surface area (Å²) < 4.78 is 14.8. The molecule has 0 unspecified atom stereocenters. The van der Waals surface area contributed by atoms with E-state index < -0.39 is 29.7 Å². The average molecular weight is 525 g/mol. The van der Waals surface area contributed by atoms with Crippen molar-refractivity contribution >= 4 is 34.5 Å². The van der Waals surface area contributed by atoms with Crippen molar-refractivity contribution in [3.05, 3.63) is 107 Å². The van der Waals surface area contributed by atoms with Crippen LogP contribution in [0.15, 0.2) is 91.0 Å². The number of carbonyl (C=O) groups is 3. The molecule has 0 saturated carbocycles. The van der Waals surface area contributed by atoms with E-state index in [9.17, 15) is 18.8 Å². The van der Waals surface area contributed by atoms with Gasteiger partial charge in [-0.25, -0.2) is 14.1 Å². The largest absolute Gasteiger partial charge is 0.319 e. The number of aryl methyl sites for hydroxylation is 1. The maximum Gasteiger partial charge on any atom is 0.292 e. The summed E-state index contributed by atoms with van der Waals surface area (Å²) in [6.07, 6.45) is -0.616. The van der Waals surface area contributed by atoms with Gasteiger partial charge in [-0.15, -0.1) is 0 Å². The molecule has 0 radical (unpaired) electrons. The third kappa shape index (κ3) is 5.33. The van der Waals surface area contributed by atoms with Crippen LogP contribution in [0.5, 0.6) is 0 Å². The van der Waals surface area contributed by atoms with Crippen molar-refractivity contribution in [3.8, 4) is 27.6 Å². The van der Waals surface area contributed by atoms with Gasteiger partial charge in [0.25, 0.3) is 5.91 Å². The van der Waals surface area contributed by atoms with E-state index in [1.165, 1.54) is 12.1 Å². The van der Waals surface area contributed by atoms with Crippen LogP contribution < -0.4 is 5.32 Å². The Balaban J connectivity index is 1.41. The Labute approximate surface area is 221 Å². The van der Waals surface area contributed by atoms with Crippen LogP contribution in [0.2, 0.25) is 0 Å². The maximum atomic E-state index is 13.1. The number of carbonyl (C=O) groups excluding carboxylic acids is 3. The highest BCUT2D eigenvalue weighted by Crippen LogP contribution is 2.31. The van der Waals surface area contributed by atoms with Crippen molar-refractivity contribution in [2.45, 2.75) is 13.3 Å². The number of nitrogens with one attached hydrogen (secondary N) is 1. The first-order valence-electron chi connectivity index (χ1n) is 11.7. The zero-order chi connectivity index (χ0) is 26.6. The molecule has 5 rings (SSSR count). The van der Waals surface area contributed by atoms with Gasteiger partial charge < -0.3 is 5.32 Å². The molecule has 0 atom stereocenters. The molecule has 2 aromatic heterocycles. The molecule has 0 aliphatic heterocycles. The predicted octanol–water partition coefficient (Wildman–Crippen LogP) is 5.89. The number of halogens is 1. The molecule has 5 aromatic rings. The number of hydrogen-bond acceptors (Lipinski definition) is 6. The highest BCUT2D eigenvalue weighted by molar-refractivity contribution is 7.16. The van der Waals surface area contributed by atoms with Crippen molar-refractivity contribution in [1.29, 1.82) is 0 Å². The van der Waals surface area contributed by atoms with Crippen LogP contribution in [0.25, 0.3) is 27.6 Å². The van der Waals surface area contributed by atoms with Gasteiger partial charge in [-0.05, 0) is 37.3 Å². The van der Waals surface area contributed by atoms with E-state index in [0.717, 1.165) is 46.0 Å². The summed E-state index contributed by atoms with van der Waals surface area (Å²) in [5, 5.41) is 7.63. The lowest BCUT2D eigenvalue weighted by Crippen LogP contribution is -2.25. The second-order valence-electron chi connectivity index (χ2n) is 8.45. The van der Waals surface area contributed by atoms with Crippen molar-refractivity contribution in [3.63, 3.8) is 0 Å². The number of hydrogen-bond donors (Lipinski definition) is 1. The summed E-state index contributed by atoms with van der Waals surface area (Å²) in [6, 6.07) is 26.4. The number of thiazole rings is 1. The smallest absolute Gasteiger partial charge is 0.292 e. The average Bonchev–Trinajstić information content (AvgIpc) is 3.55. The number of Topliss-reactive ketones (excluding diaryl/α,β-unsaturated/α-hetero) is 2. The Morgan fingerprint density at radius 1 is 0.895 bits per heavy atom. The Morgan fingerprint density at radius 3 is 2.18 bits per heavy atom. The summed E-state index contributed by atoms with van der Waals surface area (Å²) in [5.41, 5.74) is 4.11. The number of anilines is 1. The van der Waals surface area contributed by atoms with Gasteiger partial charge in [0.05, 0.1) is 28.4 Å². The molecule has 1 N–H and O–H groups in total. The molecule has 2 heterocycles. The van der Waals surface area contributed by atoms with E-state index in [4.69, 9.17) is 5.10 Å². The van der Waals surface area contributed by atoms with Gasteiger partial charge in [-0.2, -0.15) is 5.10 Å². The Bertz CT molecular complexity index is 1630. The first-order chi connectivity index (χ1) is 18.4. The van der Waals surface area contributed by atoms with E-state index in [1.54, 1.807) is 11.6 Å². The van der Waals surface area contributed by atoms with Crippen molar-refractivity contribution in [2.75, 3.05) is 5.32 Å². The summed E-state index contributed by atoms with van der Waals surface area (Å²) >= 11 is 1.11. The second-order valence-corrected chi connectivity index (χ2v) is 9.43. The molecule has 9 heteroatoms. The zero-order valence-corrected chi connectivity index (χ0v) is 21.0. The van der Waals surface area contributed by atoms with Gasteiger partial charge in [0, 0.05) is 16.8 Å². The van der Waals surface area contributed by atoms with E-state index in [0.29, 0.717) is 10.8 Å². The summed E-state index contributed by atoms with van der Waals surface area (Å²) in [5.74, 6) is -2.82. The first-order valence-corrected chi connectivity index (χ1v) is 12.5. The number of amides is 1. The molecule has 0 fully saturated rings. The lowest BCUT2D eigenvalue weighted by molar-refractivity contribution is -0.134. The minimum absolute atomic E-state index is 0.259. The SMILES string of the molecule is Cc1nc(-n2nc(-c3ccccc3)cc2-c2ccccc2)sc1C(=O)CC(=O)C(=O)Nc1ccc(F)cc1. The van der Waals surface area contributed by atoms with E-state index >= 15 is 0 Å². The number of ketones is 2. The minimum Gasteiger partial charge on any atom is -0.319 e. The fraction of sp³-hybridized carbons (Fsp3) is 0.0690. The summed E-state index contributed by atoms with van der Waals surface area (Å²) in [6.45, 7) is 1.68. The topological polar surface area (TPSA) is 93.9 Å². The second kappa shape index (κ2) is 10.7. The first kappa shape index (κ1) is 24.9. The minimum atomic E-state index is -0.946. The quantitative estimate of drug-likeness (QED) is 0.155. The lowest BCUT2D eigenvalue weighted by atomic mass is 10.1. The number of nitrogens with zero attached hydrogens (tertiary/aromatic N) is 3. The zero-order valence-electron chi connectivity index (χ0n) is 20.2. The molecule has 3 aromatic carbocycles. The lowest BCUT2D eigenvalue weighted by Gasteiger charge is -2.04. The molecule has 0 aliphatic rings. The molecule has 0 saturated heterocycles. The van der Waals surface area contributed by atoms with E-state index in [2.05, 4.69) is 10.3 Å². The molecule has 0 aliphatic carbocycles.